The van der Waals surface area contributed by atoms with Gasteiger partial charge in [-0.05, 0) is 24.3 Å². The van der Waals surface area contributed by atoms with E-state index in [2.05, 4.69) is 15.5 Å². The van der Waals surface area contributed by atoms with Gasteiger partial charge in [-0.3, -0.25) is 10.2 Å². The first-order valence-electron chi connectivity index (χ1n) is 7.26. The van der Waals surface area contributed by atoms with Gasteiger partial charge in [0.15, 0.2) is 16.6 Å². The van der Waals surface area contributed by atoms with Crippen LogP contribution in [0.5, 0.6) is 0 Å². The lowest BCUT2D eigenvalue weighted by atomic mass is 10.3. The highest BCUT2D eigenvalue weighted by molar-refractivity contribution is 6.50. The van der Waals surface area contributed by atoms with E-state index in [1.165, 1.54) is 6.92 Å². The summed E-state index contributed by atoms with van der Waals surface area (Å²) in [4.78, 5) is 13.7. The Hall–Kier alpha value is -2.84. The highest BCUT2D eigenvalue weighted by atomic mass is 35.5. The minimum atomic E-state index is -6.00. The van der Waals surface area contributed by atoms with Gasteiger partial charge in [-0.1, -0.05) is 35.3 Å². The highest BCUT2D eigenvalue weighted by Crippen LogP contribution is 2.17. The molecule has 0 aliphatic heterocycles. The summed E-state index contributed by atoms with van der Waals surface area (Å²) in [5.41, 5.74) is 9.09. The van der Waals surface area contributed by atoms with Crippen LogP contribution in [0.3, 0.4) is 0 Å². The number of benzene rings is 2. The third-order valence-corrected chi connectivity index (χ3v) is 2.88. The summed E-state index contributed by atoms with van der Waals surface area (Å²) in [5, 5.41) is 13.1. The molecule has 0 heterocycles. The summed E-state index contributed by atoms with van der Waals surface area (Å²) < 4.78 is 39.0. The molecule has 2 aromatic rings. The van der Waals surface area contributed by atoms with Gasteiger partial charge in [-0.15, -0.1) is 0 Å². The van der Waals surface area contributed by atoms with Crippen molar-refractivity contribution in [1.82, 2.24) is 0 Å². The van der Waals surface area contributed by atoms with Gasteiger partial charge in [-0.2, -0.15) is 5.10 Å². The number of nitrogens with one attached hydrogen (secondary N) is 1. The van der Waals surface area contributed by atoms with Crippen molar-refractivity contribution in [2.45, 2.75) is 6.92 Å². The average Bonchev–Trinajstić information content (AvgIpc) is 2.58. The van der Waals surface area contributed by atoms with Crippen LogP contribution in [-0.2, 0) is 4.79 Å². The Labute approximate surface area is 168 Å². The first-order valence-corrected chi connectivity index (χ1v) is 8.01. The zero-order valence-electron chi connectivity index (χ0n) is 14.3. The monoisotopic (exact) mass is 437 g/mol. The number of rotatable bonds is 3. The number of hydrazone groups is 1. The molecule has 0 atom stereocenters. The van der Waals surface area contributed by atoms with Crippen LogP contribution in [0.2, 0.25) is 10.0 Å². The Kier molecular flexibility index (Phi) is 11.3. The second-order valence-corrected chi connectivity index (χ2v) is 5.62. The first kappa shape index (κ1) is 25.2. The smallest absolute Gasteiger partial charge is 0.418 e. The number of hydrogen-bond donors (Lipinski definition) is 2. The molecule has 0 fully saturated rings. The normalized spacial score (nSPS) is 10.4. The van der Waals surface area contributed by atoms with Crippen molar-refractivity contribution in [2.24, 2.45) is 10.8 Å². The largest absolute Gasteiger partial charge is 0.673 e. The summed E-state index contributed by atoms with van der Waals surface area (Å²) >= 11 is 11.3. The molecule has 0 radical (unpaired) electrons. The summed E-state index contributed by atoms with van der Waals surface area (Å²) in [6.45, 7) is 1.35. The lowest BCUT2D eigenvalue weighted by Crippen LogP contribution is -2.22. The molecule has 0 aliphatic carbocycles. The van der Waals surface area contributed by atoms with Crippen molar-refractivity contribution in [1.29, 1.82) is 5.39 Å². The number of nitrogens with two attached hydrogens (primary N) is 1. The number of carbonyl (C=O) groups excluding carboxylic acids is 1. The van der Waals surface area contributed by atoms with E-state index < -0.39 is 7.25 Å². The molecule has 0 aromatic heterocycles. The molecule has 0 spiro atoms. The number of nitrogens with zero attached hydrogens (tertiary/aromatic N) is 3. The molecule has 0 saturated carbocycles. The zero-order valence-corrected chi connectivity index (χ0v) is 15.8. The zero-order chi connectivity index (χ0) is 21.7. The number of ketones is 1. The van der Waals surface area contributed by atoms with Crippen molar-refractivity contribution in [2.75, 3.05) is 5.43 Å². The second kappa shape index (κ2) is 12.5. The minimum absolute atomic E-state index is 0.0648. The molecule has 150 valence electrons. The molecule has 2 rings (SSSR count). The van der Waals surface area contributed by atoms with Gasteiger partial charge in [-0.25, -0.2) is 0 Å². The van der Waals surface area contributed by atoms with E-state index in [4.69, 9.17) is 34.3 Å². The number of Topliss-reactive ketones (excluding diaryl/α,β-unsaturated/α-hetero) is 1. The molecule has 6 nitrogen and oxygen atoms in total. The summed E-state index contributed by atoms with van der Waals surface area (Å²) in [6.07, 6.45) is 0. The van der Waals surface area contributed by atoms with Crippen molar-refractivity contribution in [3.8, 4) is 0 Å². The lowest BCUT2D eigenvalue weighted by Gasteiger charge is -2.00. The maximum Gasteiger partial charge on any atom is 0.673 e. The SMILES string of the molecule is CC(=O)/C(N)=N/Nc1cccc(Cl)c1.F[B-](F)(F)F.N#[N+]c1cccc(Cl)c1. The topological polar surface area (TPSA) is 95.6 Å². The van der Waals surface area contributed by atoms with Crippen LogP contribution in [0.1, 0.15) is 6.92 Å². The molecule has 0 aliphatic rings. The van der Waals surface area contributed by atoms with E-state index in [-0.39, 0.29) is 11.6 Å². The summed E-state index contributed by atoms with van der Waals surface area (Å²) in [5.74, 6) is -0.343. The Morgan fingerprint density at radius 1 is 1.11 bits per heavy atom. The third kappa shape index (κ3) is 14.3. The lowest BCUT2D eigenvalue weighted by molar-refractivity contribution is -0.111. The number of carbonyl (C=O) groups is 1. The molecule has 13 heteroatoms. The van der Waals surface area contributed by atoms with Crippen molar-refractivity contribution < 1.29 is 22.1 Å². The predicted octanol–water partition coefficient (Wildman–Crippen LogP) is 5.74. The average molecular weight is 438 g/mol. The highest BCUT2D eigenvalue weighted by Gasteiger charge is 2.20. The number of hydrogen-bond acceptors (Lipinski definition) is 4. The quantitative estimate of drug-likeness (QED) is 0.160. The Morgan fingerprint density at radius 2 is 1.61 bits per heavy atom. The molecule has 28 heavy (non-hydrogen) atoms. The molecule has 3 N–H and O–H groups in total. The van der Waals surface area contributed by atoms with Crippen LogP contribution in [0.25, 0.3) is 4.98 Å². The van der Waals surface area contributed by atoms with E-state index in [1.807, 2.05) is 0 Å². The third-order valence-electron chi connectivity index (χ3n) is 2.41. The molecular weight excluding hydrogens is 424 g/mol. The Morgan fingerprint density at radius 3 is 2.00 bits per heavy atom. The van der Waals surface area contributed by atoms with Gasteiger partial charge in [0.1, 0.15) is 0 Å². The van der Waals surface area contributed by atoms with Crippen LogP contribution in [0.15, 0.2) is 53.6 Å². The first-order chi connectivity index (χ1) is 12.9. The van der Waals surface area contributed by atoms with Crippen LogP contribution in [0, 0.1) is 5.39 Å². The van der Waals surface area contributed by atoms with Gasteiger partial charge in [0, 0.05) is 23.0 Å². The van der Waals surface area contributed by atoms with E-state index in [0.29, 0.717) is 21.4 Å². The Balaban J connectivity index is 0.000000445. The van der Waals surface area contributed by atoms with Gasteiger partial charge >= 0.3 is 12.9 Å². The summed E-state index contributed by atoms with van der Waals surface area (Å²) in [6, 6.07) is 13.6. The number of diazo groups is 1. The van der Waals surface area contributed by atoms with Crippen LogP contribution < -0.4 is 11.2 Å². The predicted molar refractivity (Wildman–Crippen MR) is 104 cm³/mol. The molecule has 0 saturated heterocycles. The fraction of sp³-hybridized carbons (Fsp3) is 0.0667. The Bertz CT molecular complexity index is 853. The molecule has 0 amide bonds. The van der Waals surface area contributed by atoms with Gasteiger partial charge in [0.25, 0.3) is 0 Å². The van der Waals surface area contributed by atoms with Crippen molar-refractivity contribution in [3.63, 3.8) is 0 Å². The van der Waals surface area contributed by atoms with E-state index >= 15 is 0 Å². The van der Waals surface area contributed by atoms with Crippen LogP contribution >= 0.6 is 23.2 Å². The molecule has 0 unspecified atom stereocenters. The van der Waals surface area contributed by atoms with Gasteiger partial charge in [0.05, 0.1) is 11.8 Å². The van der Waals surface area contributed by atoms with E-state index in [0.717, 1.165) is 0 Å². The number of halogens is 6. The van der Waals surface area contributed by atoms with Gasteiger partial charge in [0.2, 0.25) is 5.39 Å². The van der Waals surface area contributed by atoms with Crippen molar-refractivity contribution in [3.05, 3.63) is 63.6 Å². The minimum Gasteiger partial charge on any atom is -0.418 e. The van der Waals surface area contributed by atoms with E-state index in [1.54, 1.807) is 48.5 Å². The van der Waals surface area contributed by atoms with Gasteiger partial charge < -0.3 is 23.0 Å². The standard InChI is InChI=1S/C9H10ClN3O.C6H4ClN2.BF4/c1-6(14)9(11)13-12-8-4-2-3-7(10)5-8;7-5-2-1-3-6(4-5)9-8;2-1(3,4)5/h2-5,12H,1H3,(H2,11,13);1-4H;/q;+1;-1. The molecular formula is C15H14BCl2F4N5O. The fourth-order valence-electron chi connectivity index (χ4n) is 1.30. The molecule has 2 aromatic carbocycles. The number of amidine groups is 1. The fourth-order valence-corrected chi connectivity index (χ4v) is 1.67. The summed E-state index contributed by atoms with van der Waals surface area (Å²) in [7, 11) is -6.00. The maximum absolute atomic E-state index is 10.7. The van der Waals surface area contributed by atoms with E-state index in [9.17, 15) is 22.1 Å². The second-order valence-electron chi connectivity index (χ2n) is 4.75. The maximum atomic E-state index is 10.7. The molecule has 0 bridgehead atoms. The number of anilines is 1. The van der Waals surface area contributed by atoms with Crippen LogP contribution in [-0.4, -0.2) is 18.9 Å². The van der Waals surface area contributed by atoms with Crippen LogP contribution in [0.4, 0.5) is 28.6 Å². The van der Waals surface area contributed by atoms with Crippen molar-refractivity contribution >= 4 is 53.4 Å².